The van der Waals surface area contributed by atoms with Crippen molar-refractivity contribution >= 4 is 18.0 Å². The number of rotatable bonds is 7. The Morgan fingerprint density at radius 3 is 2.38 bits per heavy atom. The molecule has 1 heterocycles. The lowest BCUT2D eigenvalue weighted by atomic mass is 9.98. The highest BCUT2D eigenvalue weighted by molar-refractivity contribution is 5.86. The molecule has 180 valence electrons. The van der Waals surface area contributed by atoms with E-state index < -0.39 is 24.0 Å². The van der Waals surface area contributed by atoms with Crippen LogP contribution in [0.2, 0.25) is 0 Å². The molecule has 1 saturated heterocycles. The lowest BCUT2D eigenvalue weighted by Gasteiger charge is -2.27. The maximum atomic E-state index is 13.1. The molecule has 0 spiro atoms. The molecule has 2 aromatic carbocycles. The molecule has 2 N–H and O–H groups in total. The van der Waals surface area contributed by atoms with Crippen molar-refractivity contribution in [3.8, 4) is 11.1 Å². The fraction of sp³-hybridized carbons (Fsp3) is 0.423. The van der Waals surface area contributed by atoms with E-state index in [9.17, 15) is 19.5 Å². The summed E-state index contributed by atoms with van der Waals surface area (Å²) in [6.07, 6.45) is 0.444. The van der Waals surface area contributed by atoms with E-state index in [2.05, 4.69) is 17.4 Å². The number of carbonyl (C=O) groups is 3. The maximum absolute atomic E-state index is 13.1. The third-order valence-corrected chi connectivity index (χ3v) is 6.44. The molecule has 2 aliphatic rings. The van der Waals surface area contributed by atoms with Crippen LogP contribution in [0, 0.1) is 5.92 Å². The van der Waals surface area contributed by atoms with Crippen molar-refractivity contribution in [1.82, 2.24) is 10.2 Å². The van der Waals surface area contributed by atoms with Crippen LogP contribution in [0.25, 0.3) is 11.1 Å². The minimum Gasteiger partial charge on any atom is -0.481 e. The quantitative estimate of drug-likeness (QED) is 0.649. The van der Waals surface area contributed by atoms with Crippen molar-refractivity contribution in [1.29, 1.82) is 0 Å². The summed E-state index contributed by atoms with van der Waals surface area (Å²) in [4.78, 5) is 38.7. The highest BCUT2D eigenvalue weighted by Crippen LogP contribution is 2.44. The van der Waals surface area contributed by atoms with Crippen LogP contribution >= 0.6 is 0 Å². The third-order valence-electron chi connectivity index (χ3n) is 6.44. The molecule has 0 aromatic heterocycles. The zero-order chi connectivity index (χ0) is 24.1. The van der Waals surface area contributed by atoms with Crippen LogP contribution in [-0.4, -0.2) is 66.9 Å². The second kappa shape index (κ2) is 10.7. The van der Waals surface area contributed by atoms with Gasteiger partial charge < -0.3 is 24.8 Å². The van der Waals surface area contributed by atoms with Gasteiger partial charge in [0.1, 0.15) is 12.6 Å². The number of aliphatic carboxylic acids is 1. The summed E-state index contributed by atoms with van der Waals surface area (Å²) in [5, 5.41) is 12.1. The number of ether oxygens (including phenoxy) is 2. The smallest absolute Gasteiger partial charge is 0.407 e. The molecule has 0 bridgehead atoms. The summed E-state index contributed by atoms with van der Waals surface area (Å²) >= 11 is 0. The minimum atomic E-state index is -1.00. The van der Waals surface area contributed by atoms with Gasteiger partial charge >= 0.3 is 12.1 Å². The highest BCUT2D eigenvalue weighted by Gasteiger charge is 2.33. The van der Waals surface area contributed by atoms with Gasteiger partial charge in [0, 0.05) is 19.0 Å². The molecule has 2 atom stereocenters. The fourth-order valence-corrected chi connectivity index (χ4v) is 4.71. The number of fused-ring (bicyclic) bond motifs is 3. The molecule has 2 amide bonds. The normalized spacial score (nSPS) is 18.4. The lowest BCUT2D eigenvalue weighted by molar-refractivity contribution is -0.144. The standard InChI is InChI=1S/C26H30N2O6/c1-2-7-23(24(29)28-12-13-33-15-17(14-28)25(30)31)27-26(32)34-16-22-20-10-5-3-8-18(20)19-9-4-6-11-21(19)22/h3-6,8-11,17,22-23H,2,7,12-16H2,1H3,(H,27,32)(H,30,31)/t17?,23-/m1/s1. The average Bonchev–Trinajstić information content (AvgIpc) is 2.97. The Kier molecular flexibility index (Phi) is 7.47. The Balaban J connectivity index is 1.41. The van der Waals surface area contributed by atoms with E-state index in [0.717, 1.165) is 22.3 Å². The maximum Gasteiger partial charge on any atom is 0.407 e. The Morgan fingerprint density at radius 2 is 1.76 bits per heavy atom. The number of hydrogen-bond donors (Lipinski definition) is 2. The molecule has 1 unspecified atom stereocenters. The van der Waals surface area contributed by atoms with Crippen molar-refractivity contribution in [2.24, 2.45) is 5.92 Å². The van der Waals surface area contributed by atoms with Gasteiger partial charge in [-0.1, -0.05) is 61.9 Å². The van der Waals surface area contributed by atoms with E-state index >= 15 is 0 Å². The monoisotopic (exact) mass is 466 g/mol. The van der Waals surface area contributed by atoms with E-state index in [4.69, 9.17) is 9.47 Å². The van der Waals surface area contributed by atoms with Crippen LogP contribution in [0.3, 0.4) is 0 Å². The molecule has 1 aliphatic heterocycles. The van der Waals surface area contributed by atoms with Gasteiger partial charge in [-0.05, 0) is 28.7 Å². The van der Waals surface area contributed by atoms with E-state index in [1.807, 2.05) is 43.3 Å². The number of amides is 2. The molecule has 2 aromatic rings. The topological polar surface area (TPSA) is 105 Å². The number of nitrogens with one attached hydrogen (secondary N) is 1. The third kappa shape index (κ3) is 5.07. The van der Waals surface area contributed by atoms with Crippen molar-refractivity contribution in [3.05, 3.63) is 59.7 Å². The van der Waals surface area contributed by atoms with Crippen LogP contribution in [-0.2, 0) is 19.1 Å². The Bertz CT molecular complexity index is 1010. The van der Waals surface area contributed by atoms with Crippen LogP contribution < -0.4 is 5.32 Å². The van der Waals surface area contributed by atoms with Crippen LogP contribution in [0.15, 0.2) is 48.5 Å². The Labute approximate surface area is 198 Å². The van der Waals surface area contributed by atoms with Crippen LogP contribution in [0.1, 0.15) is 36.8 Å². The van der Waals surface area contributed by atoms with Gasteiger partial charge in [-0.2, -0.15) is 0 Å². The van der Waals surface area contributed by atoms with Gasteiger partial charge in [0.05, 0.1) is 19.1 Å². The predicted molar refractivity (Wildman–Crippen MR) is 125 cm³/mol. The summed E-state index contributed by atoms with van der Waals surface area (Å²) < 4.78 is 10.9. The summed E-state index contributed by atoms with van der Waals surface area (Å²) in [6.45, 7) is 2.75. The molecule has 4 rings (SSSR count). The van der Waals surface area contributed by atoms with Crippen LogP contribution in [0.5, 0.6) is 0 Å². The van der Waals surface area contributed by atoms with Gasteiger partial charge in [-0.25, -0.2) is 4.79 Å². The van der Waals surface area contributed by atoms with Crippen molar-refractivity contribution < 1.29 is 29.0 Å². The molecule has 34 heavy (non-hydrogen) atoms. The number of nitrogens with zero attached hydrogens (tertiary/aromatic N) is 1. The Morgan fingerprint density at radius 1 is 1.12 bits per heavy atom. The average molecular weight is 467 g/mol. The molecule has 1 aliphatic carbocycles. The van der Waals surface area contributed by atoms with E-state index in [1.165, 1.54) is 4.90 Å². The summed E-state index contributed by atoms with van der Waals surface area (Å²) in [7, 11) is 0. The molecule has 0 radical (unpaired) electrons. The molecular weight excluding hydrogens is 436 g/mol. The van der Waals surface area contributed by atoms with Gasteiger partial charge in [0.25, 0.3) is 0 Å². The van der Waals surface area contributed by atoms with Crippen molar-refractivity contribution in [3.63, 3.8) is 0 Å². The summed E-state index contributed by atoms with van der Waals surface area (Å²) in [6, 6.07) is 15.4. The van der Waals surface area contributed by atoms with Gasteiger partial charge in [0.15, 0.2) is 0 Å². The van der Waals surface area contributed by atoms with Crippen molar-refractivity contribution in [2.75, 3.05) is 32.9 Å². The molecule has 8 nitrogen and oxygen atoms in total. The van der Waals surface area contributed by atoms with Gasteiger partial charge in [-0.15, -0.1) is 0 Å². The second-order valence-electron chi connectivity index (χ2n) is 8.71. The number of benzene rings is 2. The first-order valence-electron chi connectivity index (χ1n) is 11.7. The first-order chi connectivity index (χ1) is 16.5. The zero-order valence-electron chi connectivity index (χ0n) is 19.2. The van der Waals surface area contributed by atoms with Crippen LogP contribution in [0.4, 0.5) is 4.79 Å². The second-order valence-corrected chi connectivity index (χ2v) is 8.71. The highest BCUT2D eigenvalue weighted by atomic mass is 16.5. The number of carboxylic acid groups (broad SMARTS) is 1. The summed E-state index contributed by atoms with van der Waals surface area (Å²) in [5.41, 5.74) is 4.51. The summed E-state index contributed by atoms with van der Waals surface area (Å²) in [5.74, 6) is -2.18. The van der Waals surface area contributed by atoms with E-state index in [1.54, 1.807) is 0 Å². The largest absolute Gasteiger partial charge is 0.481 e. The minimum absolute atomic E-state index is 0.0563. The SMILES string of the molecule is CCC[C@@H](NC(=O)OCC1c2ccccc2-c2ccccc21)C(=O)N1CCOCC(C(=O)O)C1. The molecular formula is C26H30N2O6. The van der Waals surface area contributed by atoms with E-state index in [-0.39, 0.29) is 44.7 Å². The number of carboxylic acids is 1. The predicted octanol–water partition coefficient (Wildman–Crippen LogP) is 3.25. The molecule has 0 saturated carbocycles. The number of alkyl carbamates (subject to hydrolysis) is 1. The fourth-order valence-electron chi connectivity index (χ4n) is 4.71. The molecule has 8 heteroatoms. The lowest BCUT2D eigenvalue weighted by Crippen LogP contribution is -2.50. The number of hydrogen-bond acceptors (Lipinski definition) is 5. The molecule has 1 fully saturated rings. The first kappa shape index (κ1) is 23.8. The van der Waals surface area contributed by atoms with Crippen molar-refractivity contribution in [2.45, 2.75) is 31.7 Å². The van der Waals surface area contributed by atoms with E-state index in [0.29, 0.717) is 12.8 Å². The first-order valence-corrected chi connectivity index (χ1v) is 11.7. The van der Waals surface area contributed by atoms with Gasteiger partial charge in [0.2, 0.25) is 5.91 Å². The Hall–Kier alpha value is -3.39. The zero-order valence-corrected chi connectivity index (χ0v) is 19.2. The number of carbonyl (C=O) groups excluding carboxylic acids is 2. The van der Waals surface area contributed by atoms with Gasteiger partial charge in [-0.3, -0.25) is 9.59 Å².